The normalized spacial score (nSPS) is 15.4. The molecule has 7 heteroatoms. The highest BCUT2D eigenvalue weighted by molar-refractivity contribution is 6.00. The number of amides is 2. The molecular formula is C24H30N2O5. The van der Waals surface area contributed by atoms with Crippen LogP contribution in [0.1, 0.15) is 34.3 Å². The van der Waals surface area contributed by atoms with Gasteiger partial charge >= 0.3 is 0 Å². The second-order valence-electron chi connectivity index (χ2n) is 7.72. The van der Waals surface area contributed by atoms with Crippen LogP contribution < -0.4 is 14.8 Å². The summed E-state index contributed by atoms with van der Waals surface area (Å²) >= 11 is 0. The summed E-state index contributed by atoms with van der Waals surface area (Å²) in [6.45, 7) is 4.90. The van der Waals surface area contributed by atoms with Crippen molar-refractivity contribution in [3.63, 3.8) is 0 Å². The zero-order valence-corrected chi connectivity index (χ0v) is 18.6. The Morgan fingerprint density at radius 3 is 2.45 bits per heavy atom. The van der Waals surface area contributed by atoms with Crippen LogP contribution in [-0.2, 0) is 9.53 Å². The topological polar surface area (TPSA) is 77.1 Å². The van der Waals surface area contributed by atoms with Crippen molar-refractivity contribution in [2.45, 2.75) is 32.8 Å². The average molecular weight is 427 g/mol. The fourth-order valence-electron chi connectivity index (χ4n) is 3.62. The van der Waals surface area contributed by atoms with E-state index in [1.165, 1.54) is 19.1 Å². The van der Waals surface area contributed by atoms with E-state index >= 15 is 0 Å². The molecule has 2 aromatic rings. The van der Waals surface area contributed by atoms with Gasteiger partial charge < -0.3 is 24.4 Å². The van der Waals surface area contributed by atoms with Crippen LogP contribution in [0.2, 0.25) is 0 Å². The molecule has 0 saturated carbocycles. The zero-order valence-electron chi connectivity index (χ0n) is 18.6. The fraction of sp³-hybridized carbons (Fsp3) is 0.417. The first-order valence-electron chi connectivity index (χ1n) is 10.4. The summed E-state index contributed by atoms with van der Waals surface area (Å²) in [6, 6.07) is 10.8. The number of benzene rings is 2. The molecule has 0 radical (unpaired) electrons. The Labute approximate surface area is 183 Å². The molecule has 31 heavy (non-hydrogen) atoms. The molecule has 0 bridgehead atoms. The maximum Gasteiger partial charge on any atom is 0.254 e. The number of anilines is 1. The van der Waals surface area contributed by atoms with Crippen LogP contribution in [0.3, 0.4) is 0 Å². The number of aryl methyl sites for hydroxylation is 1. The van der Waals surface area contributed by atoms with E-state index in [1.807, 2.05) is 32.0 Å². The number of carbonyl (C=O) groups excluding carboxylic acids is 2. The smallest absolute Gasteiger partial charge is 0.254 e. The molecular weight excluding hydrogens is 396 g/mol. The minimum atomic E-state index is -0.274. The van der Waals surface area contributed by atoms with Crippen molar-refractivity contribution in [3.8, 4) is 11.5 Å². The number of hydrogen-bond acceptors (Lipinski definition) is 5. The Morgan fingerprint density at radius 1 is 1.13 bits per heavy atom. The van der Waals surface area contributed by atoms with Crippen molar-refractivity contribution in [1.82, 2.24) is 4.90 Å². The Hall–Kier alpha value is -3.06. The number of ether oxygens (including phenoxy) is 3. The predicted octanol–water partition coefficient (Wildman–Crippen LogP) is 3.58. The summed E-state index contributed by atoms with van der Waals surface area (Å²) in [7, 11) is 3.07. The van der Waals surface area contributed by atoms with Crippen molar-refractivity contribution in [2.24, 2.45) is 0 Å². The molecule has 2 amide bonds. The van der Waals surface area contributed by atoms with E-state index in [2.05, 4.69) is 5.32 Å². The number of rotatable bonds is 8. The largest absolute Gasteiger partial charge is 0.497 e. The van der Waals surface area contributed by atoms with Gasteiger partial charge in [0.05, 0.1) is 20.3 Å². The van der Waals surface area contributed by atoms with Gasteiger partial charge in [0, 0.05) is 30.5 Å². The van der Waals surface area contributed by atoms with Crippen LogP contribution in [0.4, 0.5) is 5.69 Å². The van der Waals surface area contributed by atoms with Gasteiger partial charge in [0.1, 0.15) is 18.0 Å². The van der Waals surface area contributed by atoms with Gasteiger partial charge in [-0.15, -0.1) is 0 Å². The lowest BCUT2D eigenvalue weighted by molar-refractivity contribution is -0.117. The summed E-state index contributed by atoms with van der Waals surface area (Å²) in [5.74, 6) is 0.498. The SMILES string of the molecule is COc1cc(OC)cc(C(=O)N(CC(=O)Nc2cccc(C)c2C)C[C@@H]2CCCO2)c1. The van der Waals surface area contributed by atoms with Gasteiger partial charge in [-0.1, -0.05) is 12.1 Å². The standard InChI is InChI=1S/C24H30N2O5/c1-16-7-5-9-22(17(16)2)25-23(27)15-26(14-19-8-6-10-31-19)24(28)18-11-20(29-3)13-21(12-18)30-4/h5,7,9,11-13,19H,6,8,10,14-15H2,1-4H3,(H,25,27)/t19-/m0/s1. The van der Waals surface area contributed by atoms with Gasteiger partial charge in [-0.3, -0.25) is 9.59 Å². The van der Waals surface area contributed by atoms with Crippen molar-refractivity contribution in [2.75, 3.05) is 39.2 Å². The van der Waals surface area contributed by atoms with Crippen LogP contribution in [0.15, 0.2) is 36.4 Å². The summed E-state index contributed by atoms with van der Waals surface area (Å²) < 4.78 is 16.3. The van der Waals surface area contributed by atoms with E-state index in [0.717, 1.165) is 29.7 Å². The molecule has 2 aromatic carbocycles. The highest BCUT2D eigenvalue weighted by Crippen LogP contribution is 2.24. The maximum absolute atomic E-state index is 13.4. The van der Waals surface area contributed by atoms with Crippen LogP contribution >= 0.6 is 0 Å². The molecule has 0 aromatic heterocycles. The first-order valence-corrected chi connectivity index (χ1v) is 10.4. The minimum Gasteiger partial charge on any atom is -0.497 e. The lowest BCUT2D eigenvalue weighted by Gasteiger charge is -2.25. The first kappa shape index (κ1) is 22.6. The number of nitrogens with zero attached hydrogens (tertiary/aromatic N) is 1. The molecule has 1 saturated heterocycles. The zero-order chi connectivity index (χ0) is 22.4. The van der Waals surface area contributed by atoms with Crippen LogP contribution in [0.25, 0.3) is 0 Å². The van der Waals surface area contributed by atoms with Crippen LogP contribution in [0, 0.1) is 13.8 Å². The summed E-state index contributed by atoms with van der Waals surface area (Å²) in [5.41, 5.74) is 3.24. The summed E-state index contributed by atoms with van der Waals surface area (Å²) in [6.07, 6.45) is 1.74. The highest BCUT2D eigenvalue weighted by atomic mass is 16.5. The van der Waals surface area contributed by atoms with E-state index in [1.54, 1.807) is 18.2 Å². The molecule has 0 unspecified atom stereocenters. The average Bonchev–Trinajstić information content (AvgIpc) is 3.28. The van der Waals surface area contributed by atoms with E-state index in [9.17, 15) is 9.59 Å². The molecule has 1 heterocycles. The van der Waals surface area contributed by atoms with Gasteiger partial charge in [-0.25, -0.2) is 0 Å². The van der Waals surface area contributed by atoms with Gasteiger partial charge in [0.25, 0.3) is 5.91 Å². The van der Waals surface area contributed by atoms with Crippen LogP contribution in [0.5, 0.6) is 11.5 Å². The van der Waals surface area contributed by atoms with Gasteiger partial charge in [0.15, 0.2) is 0 Å². The number of nitrogens with one attached hydrogen (secondary N) is 1. The Bertz CT molecular complexity index is 915. The second kappa shape index (κ2) is 10.3. The van der Waals surface area contributed by atoms with Crippen molar-refractivity contribution < 1.29 is 23.8 Å². The van der Waals surface area contributed by atoms with E-state index in [4.69, 9.17) is 14.2 Å². The molecule has 1 N–H and O–H groups in total. The van der Waals surface area contributed by atoms with Crippen LogP contribution in [-0.4, -0.2) is 56.7 Å². The molecule has 1 fully saturated rings. The van der Waals surface area contributed by atoms with E-state index in [-0.39, 0.29) is 24.5 Å². The van der Waals surface area contributed by atoms with Gasteiger partial charge in [0.2, 0.25) is 5.91 Å². The quantitative estimate of drug-likeness (QED) is 0.698. The lowest BCUT2D eigenvalue weighted by atomic mass is 10.1. The van der Waals surface area contributed by atoms with Gasteiger partial charge in [-0.05, 0) is 56.0 Å². The lowest BCUT2D eigenvalue weighted by Crippen LogP contribution is -2.42. The Balaban J connectivity index is 1.81. The molecule has 1 atom stereocenters. The Morgan fingerprint density at radius 2 is 1.84 bits per heavy atom. The first-order chi connectivity index (χ1) is 14.9. The van der Waals surface area contributed by atoms with Gasteiger partial charge in [-0.2, -0.15) is 0 Å². The third kappa shape index (κ3) is 5.76. The van der Waals surface area contributed by atoms with E-state index in [0.29, 0.717) is 30.2 Å². The molecule has 1 aliphatic rings. The molecule has 166 valence electrons. The van der Waals surface area contributed by atoms with Crippen molar-refractivity contribution in [1.29, 1.82) is 0 Å². The molecule has 1 aliphatic heterocycles. The summed E-state index contributed by atoms with van der Waals surface area (Å²) in [5, 5.41) is 2.93. The highest BCUT2D eigenvalue weighted by Gasteiger charge is 2.26. The fourth-order valence-corrected chi connectivity index (χ4v) is 3.62. The number of hydrogen-bond donors (Lipinski definition) is 1. The second-order valence-corrected chi connectivity index (χ2v) is 7.72. The third-order valence-corrected chi connectivity index (χ3v) is 5.55. The molecule has 7 nitrogen and oxygen atoms in total. The molecule has 0 aliphatic carbocycles. The third-order valence-electron chi connectivity index (χ3n) is 5.55. The number of carbonyl (C=O) groups is 2. The maximum atomic E-state index is 13.4. The minimum absolute atomic E-state index is 0.0778. The predicted molar refractivity (Wildman–Crippen MR) is 119 cm³/mol. The molecule has 0 spiro atoms. The Kier molecular flexibility index (Phi) is 7.52. The van der Waals surface area contributed by atoms with E-state index < -0.39 is 0 Å². The van der Waals surface area contributed by atoms with Crippen molar-refractivity contribution in [3.05, 3.63) is 53.1 Å². The van der Waals surface area contributed by atoms with Crippen molar-refractivity contribution >= 4 is 17.5 Å². The molecule has 3 rings (SSSR count). The summed E-state index contributed by atoms with van der Waals surface area (Å²) in [4.78, 5) is 27.7. The monoisotopic (exact) mass is 426 g/mol. The number of methoxy groups -OCH3 is 2.